The van der Waals surface area contributed by atoms with Crippen LogP contribution < -0.4 is 19.5 Å². The first kappa shape index (κ1) is 16.1. The minimum atomic E-state index is -0.296. The lowest BCUT2D eigenvalue weighted by atomic mass is 10.1. The van der Waals surface area contributed by atoms with Crippen LogP contribution in [0.1, 0.15) is 24.2 Å². The van der Waals surface area contributed by atoms with E-state index in [1.807, 2.05) is 13.8 Å². The van der Waals surface area contributed by atoms with Gasteiger partial charge in [0.1, 0.15) is 11.5 Å². The van der Waals surface area contributed by atoms with Gasteiger partial charge in [0.05, 0.1) is 32.1 Å². The first-order valence-corrected chi connectivity index (χ1v) is 7.51. The maximum absolute atomic E-state index is 12.4. The Balaban J connectivity index is 2.23. The lowest BCUT2D eigenvalue weighted by molar-refractivity contribution is 0.102. The third-order valence-electron chi connectivity index (χ3n) is 2.70. The molecule has 0 saturated heterocycles. The highest BCUT2D eigenvalue weighted by Crippen LogP contribution is 2.29. The largest absolute Gasteiger partial charge is 0.497 e. The number of thiazole rings is 1. The summed E-state index contributed by atoms with van der Waals surface area (Å²) < 4.78 is 15.9. The summed E-state index contributed by atoms with van der Waals surface area (Å²) >= 11 is 1.25. The number of amides is 1. The highest BCUT2D eigenvalue weighted by molar-refractivity contribution is 7.17. The second kappa shape index (κ2) is 7.13. The van der Waals surface area contributed by atoms with Crippen LogP contribution in [0.25, 0.3) is 0 Å². The van der Waals surface area contributed by atoms with Crippen molar-refractivity contribution < 1.29 is 19.0 Å². The monoisotopic (exact) mass is 322 g/mol. The molecule has 0 bridgehead atoms. The van der Waals surface area contributed by atoms with Crippen LogP contribution in [0.4, 0.5) is 5.13 Å². The fraction of sp³-hybridized carbons (Fsp3) is 0.333. The molecule has 0 unspecified atom stereocenters. The number of rotatable bonds is 6. The van der Waals surface area contributed by atoms with Gasteiger partial charge in [-0.15, -0.1) is 0 Å². The van der Waals surface area contributed by atoms with Gasteiger partial charge in [0, 0.05) is 6.07 Å². The summed E-state index contributed by atoms with van der Waals surface area (Å²) in [6, 6.07) is 5.07. The van der Waals surface area contributed by atoms with Crippen LogP contribution in [0, 0.1) is 0 Å². The summed E-state index contributed by atoms with van der Waals surface area (Å²) in [4.78, 5) is 16.5. The Morgan fingerprint density at radius 3 is 2.64 bits per heavy atom. The van der Waals surface area contributed by atoms with Crippen molar-refractivity contribution in [2.75, 3.05) is 19.5 Å². The molecule has 0 saturated carbocycles. The molecule has 0 aliphatic heterocycles. The third kappa shape index (κ3) is 3.88. The Labute approximate surface area is 133 Å². The molecule has 1 amide bonds. The number of nitrogens with zero attached hydrogens (tertiary/aromatic N) is 1. The number of carbonyl (C=O) groups is 1. The Kier molecular flexibility index (Phi) is 5.21. The van der Waals surface area contributed by atoms with E-state index in [0.29, 0.717) is 27.3 Å². The predicted molar refractivity (Wildman–Crippen MR) is 85.4 cm³/mol. The van der Waals surface area contributed by atoms with Crippen molar-refractivity contribution in [3.05, 3.63) is 30.0 Å². The van der Waals surface area contributed by atoms with E-state index in [1.165, 1.54) is 11.3 Å². The molecule has 1 aromatic heterocycles. The van der Waals surface area contributed by atoms with Gasteiger partial charge < -0.3 is 14.2 Å². The van der Waals surface area contributed by atoms with Crippen molar-refractivity contribution in [1.29, 1.82) is 0 Å². The van der Waals surface area contributed by atoms with Gasteiger partial charge in [0.25, 0.3) is 5.91 Å². The molecule has 0 radical (unpaired) electrons. The number of ether oxygens (including phenoxy) is 3. The van der Waals surface area contributed by atoms with E-state index in [4.69, 9.17) is 14.2 Å². The van der Waals surface area contributed by atoms with Crippen LogP contribution in [0.3, 0.4) is 0 Å². The van der Waals surface area contributed by atoms with Crippen LogP contribution in [0.5, 0.6) is 16.6 Å². The van der Waals surface area contributed by atoms with E-state index in [0.717, 1.165) is 0 Å². The van der Waals surface area contributed by atoms with Gasteiger partial charge in [-0.1, -0.05) is 11.3 Å². The van der Waals surface area contributed by atoms with Gasteiger partial charge in [0.15, 0.2) is 10.2 Å². The van der Waals surface area contributed by atoms with Crippen molar-refractivity contribution in [3.8, 4) is 16.6 Å². The summed E-state index contributed by atoms with van der Waals surface area (Å²) in [5.41, 5.74) is 0.420. The molecule has 0 atom stereocenters. The number of aromatic nitrogens is 1. The molecule has 118 valence electrons. The molecule has 0 aliphatic carbocycles. The van der Waals surface area contributed by atoms with E-state index in [1.54, 1.807) is 38.6 Å². The zero-order valence-electron chi connectivity index (χ0n) is 12.9. The average Bonchev–Trinajstić information content (AvgIpc) is 2.94. The fourth-order valence-corrected chi connectivity index (χ4v) is 2.37. The summed E-state index contributed by atoms with van der Waals surface area (Å²) in [5, 5.41) is 3.83. The topological polar surface area (TPSA) is 69.7 Å². The molecular weight excluding hydrogens is 304 g/mol. The van der Waals surface area contributed by atoms with E-state index in [2.05, 4.69) is 10.3 Å². The van der Waals surface area contributed by atoms with Crippen molar-refractivity contribution in [2.24, 2.45) is 0 Å². The maximum Gasteiger partial charge on any atom is 0.261 e. The summed E-state index contributed by atoms with van der Waals surface area (Å²) in [6.45, 7) is 3.79. The van der Waals surface area contributed by atoms with E-state index < -0.39 is 0 Å². The third-order valence-corrected chi connectivity index (χ3v) is 3.58. The van der Waals surface area contributed by atoms with Crippen molar-refractivity contribution >= 4 is 22.4 Å². The Hall–Kier alpha value is -2.28. The highest BCUT2D eigenvalue weighted by atomic mass is 32.1. The number of benzene rings is 1. The first-order valence-electron chi connectivity index (χ1n) is 6.69. The highest BCUT2D eigenvalue weighted by Gasteiger charge is 2.16. The van der Waals surface area contributed by atoms with E-state index >= 15 is 0 Å². The van der Waals surface area contributed by atoms with Crippen LogP contribution >= 0.6 is 11.3 Å². The zero-order valence-corrected chi connectivity index (χ0v) is 13.7. The quantitative estimate of drug-likeness (QED) is 0.884. The molecule has 1 aromatic carbocycles. The molecule has 2 aromatic rings. The summed E-state index contributed by atoms with van der Waals surface area (Å²) in [5.74, 6) is 0.800. The van der Waals surface area contributed by atoms with E-state index in [9.17, 15) is 4.79 Å². The van der Waals surface area contributed by atoms with Gasteiger partial charge in [-0.05, 0) is 26.0 Å². The average molecular weight is 322 g/mol. The molecule has 1 heterocycles. The van der Waals surface area contributed by atoms with Crippen LogP contribution in [0.2, 0.25) is 0 Å². The molecule has 0 spiro atoms. The predicted octanol–water partition coefficient (Wildman–Crippen LogP) is 3.20. The van der Waals surface area contributed by atoms with Crippen LogP contribution in [0.15, 0.2) is 24.4 Å². The van der Waals surface area contributed by atoms with Crippen LogP contribution in [-0.4, -0.2) is 31.2 Å². The van der Waals surface area contributed by atoms with Crippen molar-refractivity contribution in [2.45, 2.75) is 20.0 Å². The number of anilines is 1. The van der Waals surface area contributed by atoms with Gasteiger partial charge in [-0.3, -0.25) is 10.1 Å². The molecule has 0 fully saturated rings. The van der Waals surface area contributed by atoms with Gasteiger partial charge in [0.2, 0.25) is 0 Å². The van der Waals surface area contributed by atoms with Gasteiger partial charge >= 0.3 is 0 Å². The minimum absolute atomic E-state index is 0.0568. The van der Waals surface area contributed by atoms with Crippen LogP contribution in [-0.2, 0) is 0 Å². The molecule has 2 rings (SSSR count). The number of nitrogens with one attached hydrogen (secondary N) is 1. The summed E-state index contributed by atoms with van der Waals surface area (Å²) in [6.07, 6.45) is 1.50. The number of methoxy groups -OCH3 is 2. The first-order chi connectivity index (χ1) is 10.5. The lowest BCUT2D eigenvalue weighted by Gasteiger charge is -2.14. The molecule has 1 N–H and O–H groups in total. The van der Waals surface area contributed by atoms with Crippen molar-refractivity contribution in [3.63, 3.8) is 0 Å². The van der Waals surface area contributed by atoms with Crippen molar-refractivity contribution in [1.82, 2.24) is 4.98 Å². The lowest BCUT2D eigenvalue weighted by Crippen LogP contribution is -2.15. The SMILES string of the molecule is COc1ccc(C(=O)Nc2ncc(OC)s2)c(OC(C)C)c1. The standard InChI is InChI=1S/C15H18N2O4S/c1-9(2)21-12-7-10(19-3)5-6-11(12)14(18)17-15-16-8-13(20-4)22-15/h5-9H,1-4H3,(H,16,17,18). The number of carbonyl (C=O) groups excluding carboxylic acids is 1. The number of hydrogen-bond acceptors (Lipinski definition) is 6. The summed E-state index contributed by atoms with van der Waals surface area (Å²) in [7, 11) is 3.12. The Morgan fingerprint density at radius 2 is 2.05 bits per heavy atom. The second-order valence-electron chi connectivity index (χ2n) is 4.67. The van der Waals surface area contributed by atoms with E-state index in [-0.39, 0.29) is 12.0 Å². The zero-order chi connectivity index (χ0) is 16.1. The molecule has 22 heavy (non-hydrogen) atoms. The normalized spacial score (nSPS) is 10.4. The van der Waals surface area contributed by atoms with Gasteiger partial charge in [-0.25, -0.2) is 4.98 Å². The smallest absolute Gasteiger partial charge is 0.261 e. The second-order valence-corrected chi connectivity index (χ2v) is 5.66. The molecular formula is C15H18N2O4S. The molecule has 7 heteroatoms. The molecule has 0 aliphatic rings. The molecule has 6 nitrogen and oxygen atoms in total. The maximum atomic E-state index is 12.4. The Bertz CT molecular complexity index is 655. The Morgan fingerprint density at radius 1 is 1.27 bits per heavy atom. The number of hydrogen-bond donors (Lipinski definition) is 1. The van der Waals surface area contributed by atoms with Gasteiger partial charge in [-0.2, -0.15) is 0 Å². The minimum Gasteiger partial charge on any atom is -0.497 e. The fourth-order valence-electron chi connectivity index (χ4n) is 1.74.